The second kappa shape index (κ2) is 4.33. The molecule has 0 unspecified atom stereocenters. The van der Waals surface area contributed by atoms with Crippen LogP contribution in [0.15, 0.2) is 6.07 Å². The van der Waals surface area contributed by atoms with E-state index < -0.39 is 5.60 Å². The van der Waals surface area contributed by atoms with Crippen molar-refractivity contribution in [2.75, 3.05) is 6.54 Å². The standard InChI is InChI=1S/C12H16N4O2/c1-12(2,3)18-11(17)15-4-5-16-10(8-15)6-9(7-13)14-16/h6H,4-5,8H2,1-3H3. The van der Waals surface area contributed by atoms with Gasteiger partial charge in [-0.15, -0.1) is 0 Å². The van der Waals surface area contributed by atoms with Crippen molar-refractivity contribution >= 4 is 6.09 Å². The highest BCUT2D eigenvalue weighted by Crippen LogP contribution is 2.16. The molecule has 1 aliphatic rings. The molecule has 0 saturated heterocycles. The number of nitriles is 1. The zero-order valence-corrected chi connectivity index (χ0v) is 10.8. The number of fused-ring (bicyclic) bond motifs is 1. The van der Waals surface area contributed by atoms with E-state index in [2.05, 4.69) is 5.10 Å². The largest absolute Gasteiger partial charge is 0.444 e. The highest BCUT2D eigenvalue weighted by atomic mass is 16.6. The van der Waals surface area contributed by atoms with Gasteiger partial charge in [0.1, 0.15) is 11.7 Å². The Balaban J connectivity index is 2.08. The molecule has 0 fully saturated rings. The molecule has 1 aromatic heterocycles. The third kappa shape index (κ3) is 2.62. The lowest BCUT2D eigenvalue weighted by Crippen LogP contribution is -2.41. The van der Waals surface area contributed by atoms with Crippen LogP contribution in [0.1, 0.15) is 32.2 Å². The Kier molecular flexibility index (Phi) is 2.99. The maximum absolute atomic E-state index is 11.9. The summed E-state index contributed by atoms with van der Waals surface area (Å²) in [5, 5.41) is 12.9. The predicted molar refractivity (Wildman–Crippen MR) is 63.6 cm³/mol. The molecular formula is C12H16N4O2. The molecule has 0 N–H and O–H groups in total. The molecular weight excluding hydrogens is 232 g/mol. The van der Waals surface area contributed by atoms with Crippen molar-refractivity contribution in [3.8, 4) is 6.07 Å². The van der Waals surface area contributed by atoms with Crippen LogP contribution < -0.4 is 0 Å². The number of amides is 1. The van der Waals surface area contributed by atoms with Gasteiger partial charge in [0.25, 0.3) is 0 Å². The summed E-state index contributed by atoms with van der Waals surface area (Å²) in [5.74, 6) is 0. The van der Waals surface area contributed by atoms with Crippen LogP contribution in [0.5, 0.6) is 0 Å². The maximum Gasteiger partial charge on any atom is 0.410 e. The van der Waals surface area contributed by atoms with E-state index in [4.69, 9.17) is 10.00 Å². The minimum atomic E-state index is -0.493. The molecule has 18 heavy (non-hydrogen) atoms. The Morgan fingerprint density at radius 2 is 2.22 bits per heavy atom. The number of carbonyl (C=O) groups is 1. The summed E-state index contributed by atoms with van der Waals surface area (Å²) in [5.41, 5.74) is 0.756. The van der Waals surface area contributed by atoms with Crippen LogP contribution in [0, 0.1) is 11.3 Å². The van der Waals surface area contributed by atoms with Crippen molar-refractivity contribution in [1.82, 2.24) is 14.7 Å². The lowest BCUT2D eigenvalue weighted by atomic mass is 10.2. The fourth-order valence-electron chi connectivity index (χ4n) is 1.80. The molecule has 0 spiro atoms. The number of nitrogens with zero attached hydrogens (tertiary/aromatic N) is 4. The Hall–Kier alpha value is -2.03. The Morgan fingerprint density at radius 3 is 2.83 bits per heavy atom. The summed E-state index contributed by atoms with van der Waals surface area (Å²) in [6.07, 6.45) is -0.326. The number of ether oxygens (including phenoxy) is 1. The van der Waals surface area contributed by atoms with Gasteiger partial charge in [-0.05, 0) is 26.8 Å². The smallest absolute Gasteiger partial charge is 0.410 e. The molecule has 6 nitrogen and oxygen atoms in total. The van der Waals surface area contributed by atoms with Crippen molar-refractivity contribution in [3.63, 3.8) is 0 Å². The van der Waals surface area contributed by atoms with Crippen LogP contribution >= 0.6 is 0 Å². The molecule has 0 aromatic carbocycles. The third-order valence-corrected chi connectivity index (χ3v) is 2.56. The van der Waals surface area contributed by atoms with Crippen LogP contribution in [0.4, 0.5) is 4.79 Å². The number of hydrogen-bond donors (Lipinski definition) is 0. The van der Waals surface area contributed by atoms with Crippen molar-refractivity contribution in [3.05, 3.63) is 17.5 Å². The lowest BCUT2D eigenvalue weighted by Gasteiger charge is -2.30. The highest BCUT2D eigenvalue weighted by Gasteiger charge is 2.26. The van der Waals surface area contributed by atoms with E-state index in [-0.39, 0.29) is 6.09 Å². The molecule has 6 heteroatoms. The third-order valence-electron chi connectivity index (χ3n) is 2.56. The second-order valence-corrected chi connectivity index (χ2v) is 5.26. The first-order valence-electron chi connectivity index (χ1n) is 5.84. The van der Waals surface area contributed by atoms with Gasteiger partial charge in [0, 0.05) is 6.54 Å². The SMILES string of the molecule is CC(C)(C)OC(=O)N1CCn2nc(C#N)cc2C1. The Labute approximate surface area is 106 Å². The van der Waals surface area contributed by atoms with Gasteiger partial charge in [-0.2, -0.15) is 10.4 Å². The van der Waals surface area contributed by atoms with Crippen molar-refractivity contribution in [2.24, 2.45) is 0 Å². The highest BCUT2D eigenvalue weighted by molar-refractivity contribution is 5.68. The Morgan fingerprint density at radius 1 is 1.50 bits per heavy atom. The van der Waals surface area contributed by atoms with Crippen molar-refractivity contribution in [2.45, 2.75) is 39.5 Å². The van der Waals surface area contributed by atoms with Gasteiger partial charge in [-0.3, -0.25) is 4.68 Å². The topological polar surface area (TPSA) is 71.2 Å². The average molecular weight is 248 g/mol. The number of rotatable bonds is 0. The summed E-state index contributed by atoms with van der Waals surface area (Å²) in [6.45, 7) is 7.10. The zero-order chi connectivity index (χ0) is 13.3. The van der Waals surface area contributed by atoms with Crippen LogP contribution in [-0.2, 0) is 17.8 Å². The van der Waals surface area contributed by atoms with E-state index in [1.165, 1.54) is 0 Å². The van der Waals surface area contributed by atoms with Crippen LogP contribution in [0.2, 0.25) is 0 Å². The molecule has 2 rings (SSSR count). The van der Waals surface area contributed by atoms with E-state index >= 15 is 0 Å². The second-order valence-electron chi connectivity index (χ2n) is 5.26. The molecule has 1 aliphatic heterocycles. The van der Waals surface area contributed by atoms with E-state index in [1.54, 1.807) is 15.6 Å². The molecule has 0 bridgehead atoms. The van der Waals surface area contributed by atoms with Gasteiger partial charge in [0.05, 0.1) is 18.8 Å². The Bertz CT molecular complexity index is 507. The van der Waals surface area contributed by atoms with Gasteiger partial charge in [-0.1, -0.05) is 0 Å². The molecule has 1 amide bonds. The first-order valence-corrected chi connectivity index (χ1v) is 5.84. The number of aromatic nitrogens is 2. The lowest BCUT2D eigenvalue weighted by molar-refractivity contribution is 0.0194. The monoisotopic (exact) mass is 248 g/mol. The van der Waals surface area contributed by atoms with Gasteiger partial charge in [0.15, 0.2) is 5.69 Å². The van der Waals surface area contributed by atoms with Crippen molar-refractivity contribution in [1.29, 1.82) is 5.26 Å². The van der Waals surface area contributed by atoms with Crippen LogP contribution in [0.25, 0.3) is 0 Å². The van der Waals surface area contributed by atoms with Gasteiger partial charge in [-0.25, -0.2) is 4.79 Å². The maximum atomic E-state index is 11.9. The number of hydrogen-bond acceptors (Lipinski definition) is 4. The van der Waals surface area contributed by atoms with Gasteiger partial charge >= 0.3 is 6.09 Å². The van der Waals surface area contributed by atoms with Crippen molar-refractivity contribution < 1.29 is 9.53 Å². The summed E-state index contributed by atoms with van der Waals surface area (Å²) in [4.78, 5) is 13.5. The molecule has 1 aromatic rings. The molecule has 96 valence electrons. The molecule has 2 heterocycles. The first-order chi connectivity index (χ1) is 8.39. The number of carbonyl (C=O) groups excluding carboxylic acids is 1. The van der Waals surface area contributed by atoms with E-state index in [0.29, 0.717) is 25.3 Å². The quantitative estimate of drug-likeness (QED) is 0.697. The van der Waals surface area contributed by atoms with E-state index in [1.807, 2.05) is 26.8 Å². The first kappa shape index (κ1) is 12.4. The van der Waals surface area contributed by atoms with Gasteiger partial charge in [0.2, 0.25) is 0 Å². The average Bonchev–Trinajstić information content (AvgIpc) is 2.68. The molecule has 0 aliphatic carbocycles. The normalized spacial score (nSPS) is 14.9. The van der Waals surface area contributed by atoms with Gasteiger partial charge < -0.3 is 9.64 Å². The van der Waals surface area contributed by atoms with E-state index in [9.17, 15) is 4.79 Å². The minimum absolute atomic E-state index is 0.326. The van der Waals surface area contributed by atoms with Crippen LogP contribution in [0.3, 0.4) is 0 Å². The summed E-state index contributed by atoms with van der Waals surface area (Å²) in [6, 6.07) is 3.70. The molecule has 0 saturated carbocycles. The predicted octanol–water partition coefficient (Wildman–Crippen LogP) is 1.51. The fourth-order valence-corrected chi connectivity index (χ4v) is 1.80. The molecule has 0 atom stereocenters. The minimum Gasteiger partial charge on any atom is -0.444 e. The zero-order valence-electron chi connectivity index (χ0n) is 10.8. The fraction of sp³-hybridized carbons (Fsp3) is 0.583. The summed E-state index contributed by atoms with van der Waals surface area (Å²) < 4.78 is 7.08. The molecule has 0 radical (unpaired) electrons. The van der Waals surface area contributed by atoms with E-state index in [0.717, 1.165) is 5.69 Å². The summed E-state index contributed by atoms with van der Waals surface area (Å²) >= 11 is 0. The summed E-state index contributed by atoms with van der Waals surface area (Å²) in [7, 11) is 0. The van der Waals surface area contributed by atoms with Crippen LogP contribution in [-0.4, -0.2) is 32.9 Å².